The predicted octanol–water partition coefficient (Wildman–Crippen LogP) is 0.168. The standard InChI is InChI=1S/C13H21N5O2/c1-15-13(19)9-3-5-18(6-4-9)12-7-10(14)16-11(17-12)8-20-2/h7,9H,3-6,8H2,1-2H3,(H,15,19)(H2,14,16,17). The molecule has 0 spiro atoms. The van der Waals surface area contributed by atoms with Crippen LogP contribution < -0.4 is 16.0 Å². The van der Waals surface area contributed by atoms with Crippen LogP contribution in [0, 0.1) is 5.92 Å². The highest BCUT2D eigenvalue weighted by Gasteiger charge is 2.25. The molecule has 0 radical (unpaired) electrons. The van der Waals surface area contributed by atoms with E-state index in [1.54, 1.807) is 20.2 Å². The third kappa shape index (κ3) is 3.36. The second-order valence-electron chi connectivity index (χ2n) is 4.88. The van der Waals surface area contributed by atoms with Gasteiger partial charge in [-0.1, -0.05) is 0 Å². The van der Waals surface area contributed by atoms with Crippen molar-refractivity contribution in [3.05, 3.63) is 11.9 Å². The first kappa shape index (κ1) is 14.5. The highest BCUT2D eigenvalue weighted by molar-refractivity contribution is 5.78. The summed E-state index contributed by atoms with van der Waals surface area (Å²) in [5.74, 6) is 2.03. The Morgan fingerprint density at radius 3 is 2.80 bits per heavy atom. The molecule has 20 heavy (non-hydrogen) atoms. The van der Waals surface area contributed by atoms with Crippen molar-refractivity contribution >= 4 is 17.5 Å². The van der Waals surface area contributed by atoms with Gasteiger partial charge in [0, 0.05) is 39.2 Å². The Bertz CT molecular complexity index is 472. The van der Waals surface area contributed by atoms with Crippen molar-refractivity contribution in [1.29, 1.82) is 0 Å². The molecular weight excluding hydrogens is 258 g/mol. The summed E-state index contributed by atoms with van der Waals surface area (Å²) in [7, 11) is 3.28. The van der Waals surface area contributed by atoms with Crippen molar-refractivity contribution in [2.45, 2.75) is 19.4 Å². The summed E-state index contributed by atoms with van der Waals surface area (Å²) in [6, 6.07) is 1.76. The molecule has 1 aliphatic rings. The predicted molar refractivity (Wildman–Crippen MR) is 76.2 cm³/mol. The summed E-state index contributed by atoms with van der Waals surface area (Å²) in [6.45, 7) is 1.93. The fourth-order valence-corrected chi connectivity index (χ4v) is 2.43. The van der Waals surface area contributed by atoms with E-state index in [1.165, 1.54) is 0 Å². The second-order valence-corrected chi connectivity index (χ2v) is 4.88. The number of hydrogen-bond donors (Lipinski definition) is 2. The summed E-state index contributed by atoms with van der Waals surface area (Å²) in [4.78, 5) is 22.3. The Kier molecular flexibility index (Phi) is 4.73. The molecule has 0 atom stereocenters. The number of amides is 1. The maximum Gasteiger partial charge on any atom is 0.222 e. The number of hydrogen-bond acceptors (Lipinski definition) is 6. The zero-order valence-corrected chi connectivity index (χ0v) is 11.9. The molecule has 1 amide bonds. The van der Waals surface area contributed by atoms with Crippen molar-refractivity contribution in [2.75, 3.05) is 37.9 Å². The van der Waals surface area contributed by atoms with Crippen molar-refractivity contribution in [2.24, 2.45) is 5.92 Å². The van der Waals surface area contributed by atoms with Crippen LogP contribution in [0.1, 0.15) is 18.7 Å². The first-order valence-electron chi connectivity index (χ1n) is 6.73. The van der Waals surface area contributed by atoms with Crippen LogP contribution >= 0.6 is 0 Å². The quantitative estimate of drug-likeness (QED) is 0.816. The van der Waals surface area contributed by atoms with Crippen LogP contribution in [0.4, 0.5) is 11.6 Å². The van der Waals surface area contributed by atoms with Gasteiger partial charge in [-0.3, -0.25) is 4.79 Å². The number of piperidine rings is 1. The fourth-order valence-electron chi connectivity index (χ4n) is 2.43. The second kappa shape index (κ2) is 6.51. The van der Waals surface area contributed by atoms with E-state index in [0.717, 1.165) is 31.7 Å². The number of methoxy groups -OCH3 is 1. The van der Waals surface area contributed by atoms with E-state index in [9.17, 15) is 4.79 Å². The number of nitrogen functional groups attached to an aromatic ring is 1. The molecule has 3 N–H and O–H groups in total. The Labute approximate surface area is 118 Å². The van der Waals surface area contributed by atoms with E-state index in [1.807, 2.05) is 0 Å². The van der Waals surface area contributed by atoms with Gasteiger partial charge < -0.3 is 20.7 Å². The number of rotatable bonds is 4. The SMILES string of the molecule is CNC(=O)C1CCN(c2cc(N)nc(COC)n2)CC1. The molecule has 7 nitrogen and oxygen atoms in total. The van der Waals surface area contributed by atoms with E-state index in [-0.39, 0.29) is 11.8 Å². The van der Waals surface area contributed by atoms with E-state index >= 15 is 0 Å². The first-order valence-corrected chi connectivity index (χ1v) is 6.73. The van der Waals surface area contributed by atoms with Gasteiger partial charge in [-0.15, -0.1) is 0 Å². The molecule has 2 rings (SSSR count). The lowest BCUT2D eigenvalue weighted by Gasteiger charge is -2.32. The molecule has 0 unspecified atom stereocenters. The minimum Gasteiger partial charge on any atom is -0.384 e. The summed E-state index contributed by atoms with van der Waals surface area (Å²) in [5.41, 5.74) is 5.80. The summed E-state index contributed by atoms with van der Waals surface area (Å²) in [5, 5.41) is 2.70. The van der Waals surface area contributed by atoms with Crippen LogP contribution in [-0.2, 0) is 16.1 Å². The summed E-state index contributed by atoms with van der Waals surface area (Å²) >= 11 is 0. The molecule has 0 saturated carbocycles. The molecule has 2 heterocycles. The molecule has 0 aromatic carbocycles. The molecule has 0 bridgehead atoms. The topological polar surface area (TPSA) is 93.4 Å². The number of anilines is 2. The van der Waals surface area contributed by atoms with Crippen molar-refractivity contribution in [3.8, 4) is 0 Å². The maximum atomic E-state index is 11.6. The molecule has 0 aliphatic carbocycles. The fraction of sp³-hybridized carbons (Fsp3) is 0.615. The monoisotopic (exact) mass is 279 g/mol. The van der Waals surface area contributed by atoms with Gasteiger partial charge in [-0.05, 0) is 12.8 Å². The van der Waals surface area contributed by atoms with Crippen LogP contribution in [0.3, 0.4) is 0 Å². The zero-order chi connectivity index (χ0) is 14.5. The van der Waals surface area contributed by atoms with Gasteiger partial charge in [0.1, 0.15) is 18.2 Å². The minimum atomic E-state index is 0.0916. The third-order valence-corrected chi connectivity index (χ3v) is 3.49. The van der Waals surface area contributed by atoms with Gasteiger partial charge in [0.25, 0.3) is 0 Å². The number of carbonyl (C=O) groups excluding carboxylic acids is 1. The van der Waals surface area contributed by atoms with Crippen molar-refractivity contribution in [1.82, 2.24) is 15.3 Å². The third-order valence-electron chi connectivity index (χ3n) is 3.49. The number of nitrogens with zero attached hydrogens (tertiary/aromatic N) is 3. The molecule has 110 valence electrons. The molecular formula is C13H21N5O2. The van der Waals surface area contributed by atoms with Gasteiger partial charge in [-0.25, -0.2) is 9.97 Å². The van der Waals surface area contributed by atoms with Crippen LogP contribution in [0.5, 0.6) is 0 Å². The number of ether oxygens (including phenoxy) is 1. The van der Waals surface area contributed by atoms with E-state index in [0.29, 0.717) is 18.2 Å². The number of carbonyl (C=O) groups is 1. The Balaban J connectivity index is 2.04. The smallest absolute Gasteiger partial charge is 0.222 e. The average molecular weight is 279 g/mol. The lowest BCUT2D eigenvalue weighted by atomic mass is 9.96. The normalized spacial score (nSPS) is 16.2. The average Bonchev–Trinajstić information content (AvgIpc) is 2.46. The lowest BCUT2D eigenvalue weighted by Crippen LogP contribution is -2.40. The Morgan fingerprint density at radius 1 is 1.50 bits per heavy atom. The Hall–Kier alpha value is -1.89. The van der Waals surface area contributed by atoms with Gasteiger partial charge in [0.2, 0.25) is 5.91 Å². The Morgan fingerprint density at radius 2 is 2.20 bits per heavy atom. The molecule has 1 saturated heterocycles. The maximum absolute atomic E-state index is 11.6. The molecule has 7 heteroatoms. The van der Waals surface area contributed by atoms with Gasteiger partial charge in [-0.2, -0.15) is 0 Å². The van der Waals surface area contributed by atoms with E-state index in [2.05, 4.69) is 20.2 Å². The van der Waals surface area contributed by atoms with E-state index in [4.69, 9.17) is 10.5 Å². The molecule has 1 aromatic rings. The lowest BCUT2D eigenvalue weighted by molar-refractivity contribution is -0.125. The largest absolute Gasteiger partial charge is 0.384 e. The number of aromatic nitrogens is 2. The summed E-state index contributed by atoms with van der Waals surface area (Å²) in [6.07, 6.45) is 1.65. The summed E-state index contributed by atoms with van der Waals surface area (Å²) < 4.78 is 5.04. The van der Waals surface area contributed by atoms with Crippen molar-refractivity contribution in [3.63, 3.8) is 0 Å². The molecule has 1 fully saturated rings. The van der Waals surface area contributed by atoms with Crippen LogP contribution in [0.2, 0.25) is 0 Å². The first-order chi connectivity index (χ1) is 9.63. The van der Waals surface area contributed by atoms with Crippen LogP contribution in [0.15, 0.2) is 6.07 Å². The van der Waals surface area contributed by atoms with Crippen LogP contribution in [0.25, 0.3) is 0 Å². The number of nitrogens with one attached hydrogen (secondary N) is 1. The molecule has 1 aliphatic heterocycles. The zero-order valence-electron chi connectivity index (χ0n) is 11.9. The van der Waals surface area contributed by atoms with Gasteiger partial charge in [0.05, 0.1) is 0 Å². The highest BCUT2D eigenvalue weighted by atomic mass is 16.5. The van der Waals surface area contributed by atoms with E-state index < -0.39 is 0 Å². The highest BCUT2D eigenvalue weighted by Crippen LogP contribution is 2.23. The van der Waals surface area contributed by atoms with Crippen molar-refractivity contribution < 1.29 is 9.53 Å². The van der Waals surface area contributed by atoms with Gasteiger partial charge in [0.15, 0.2) is 5.82 Å². The molecule has 1 aromatic heterocycles. The number of nitrogens with two attached hydrogens (primary N) is 1. The van der Waals surface area contributed by atoms with Gasteiger partial charge >= 0.3 is 0 Å². The minimum absolute atomic E-state index is 0.0916. The van der Waals surface area contributed by atoms with Crippen LogP contribution in [-0.4, -0.2) is 43.1 Å².